The highest BCUT2D eigenvalue weighted by Crippen LogP contribution is 2.32. The Morgan fingerprint density at radius 1 is 1.25 bits per heavy atom. The number of hydrogen-bond donors (Lipinski definition) is 1. The summed E-state index contributed by atoms with van der Waals surface area (Å²) in [7, 11) is 0. The first kappa shape index (κ1) is 20.3. The number of nitrogens with zero attached hydrogens (tertiary/aromatic N) is 3. The van der Waals surface area contributed by atoms with Gasteiger partial charge in [0, 0.05) is 5.69 Å². The third-order valence-corrected chi connectivity index (χ3v) is 5.09. The van der Waals surface area contributed by atoms with Gasteiger partial charge in [0.2, 0.25) is 0 Å². The van der Waals surface area contributed by atoms with E-state index >= 15 is 0 Å². The second-order valence-electron chi connectivity index (χ2n) is 6.52. The third kappa shape index (κ3) is 3.89. The number of benzene rings is 1. The second kappa shape index (κ2) is 7.54. The lowest BCUT2D eigenvalue weighted by molar-refractivity contribution is -0.142. The summed E-state index contributed by atoms with van der Waals surface area (Å²) < 4.78 is 40.8. The van der Waals surface area contributed by atoms with E-state index in [0.29, 0.717) is 10.9 Å². The maximum atomic E-state index is 13.4. The van der Waals surface area contributed by atoms with Gasteiger partial charge in [-0.2, -0.15) is 18.3 Å². The number of carbonyl (C=O) groups is 1. The van der Waals surface area contributed by atoms with Crippen LogP contribution in [0.3, 0.4) is 0 Å². The zero-order valence-corrected chi connectivity index (χ0v) is 17.0. The molecule has 5 nitrogen and oxygen atoms in total. The van der Waals surface area contributed by atoms with Crippen LogP contribution < -0.4 is 5.32 Å². The summed E-state index contributed by atoms with van der Waals surface area (Å²) in [6, 6.07) is 8.31. The standard InChI is InChI=1S/C19H18BrF3N4O/c1-4-13(12-7-5-10(2)6-8-12)25-18(28)16-15(20)17-24-11(3)9-14(19(21,22)23)27(17)26-16/h5-9,13H,4H2,1-3H3,(H,25,28). The Morgan fingerprint density at radius 2 is 1.89 bits per heavy atom. The molecule has 148 valence electrons. The topological polar surface area (TPSA) is 59.3 Å². The van der Waals surface area contributed by atoms with Crippen LogP contribution >= 0.6 is 15.9 Å². The smallest absolute Gasteiger partial charge is 0.344 e. The molecule has 0 spiro atoms. The molecule has 0 fully saturated rings. The van der Waals surface area contributed by atoms with Gasteiger partial charge in [-0.15, -0.1) is 0 Å². The van der Waals surface area contributed by atoms with E-state index in [1.54, 1.807) is 0 Å². The number of rotatable bonds is 4. The second-order valence-corrected chi connectivity index (χ2v) is 7.32. The quantitative estimate of drug-likeness (QED) is 0.602. The van der Waals surface area contributed by atoms with Gasteiger partial charge in [0.25, 0.3) is 5.91 Å². The minimum Gasteiger partial charge on any atom is -0.344 e. The Morgan fingerprint density at radius 3 is 2.46 bits per heavy atom. The SMILES string of the molecule is CCC(NC(=O)c1nn2c(C(F)(F)F)cc(C)nc2c1Br)c1ccc(C)cc1. The molecule has 1 aromatic carbocycles. The summed E-state index contributed by atoms with van der Waals surface area (Å²) in [5.74, 6) is -0.574. The third-order valence-electron chi connectivity index (χ3n) is 4.36. The molecule has 28 heavy (non-hydrogen) atoms. The van der Waals surface area contributed by atoms with Crippen LogP contribution in [0.15, 0.2) is 34.8 Å². The monoisotopic (exact) mass is 454 g/mol. The minimum atomic E-state index is -4.63. The summed E-state index contributed by atoms with van der Waals surface area (Å²) in [5, 5.41) is 6.73. The zero-order valence-electron chi connectivity index (χ0n) is 15.4. The molecule has 0 radical (unpaired) electrons. The maximum Gasteiger partial charge on any atom is 0.433 e. The minimum absolute atomic E-state index is 0.0548. The van der Waals surface area contributed by atoms with Crippen molar-refractivity contribution in [2.24, 2.45) is 0 Å². The molecule has 2 heterocycles. The van der Waals surface area contributed by atoms with Crippen LogP contribution in [0.4, 0.5) is 13.2 Å². The molecule has 0 saturated heterocycles. The number of halogens is 4. The molecule has 1 amide bonds. The molecule has 2 aromatic heterocycles. The average Bonchev–Trinajstić information content (AvgIpc) is 2.96. The number of aryl methyl sites for hydroxylation is 2. The van der Waals surface area contributed by atoms with Crippen LogP contribution in [0.1, 0.15) is 52.4 Å². The van der Waals surface area contributed by atoms with Crippen LogP contribution in [-0.2, 0) is 6.18 Å². The number of hydrogen-bond acceptors (Lipinski definition) is 3. The first-order valence-electron chi connectivity index (χ1n) is 8.62. The fourth-order valence-corrected chi connectivity index (χ4v) is 3.42. The molecule has 0 saturated carbocycles. The fourth-order valence-electron chi connectivity index (χ4n) is 2.91. The van der Waals surface area contributed by atoms with Crippen molar-refractivity contribution < 1.29 is 18.0 Å². The predicted molar refractivity (Wildman–Crippen MR) is 102 cm³/mol. The van der Waals surface area contributed by atoms with E-state index in [2.05, 4.69) is 31.3 Å². The lowest BCUT2D eigenvalue weighted by atomic mass is 10.0. The van der Waals surface area contributed by atoms with E-state index in [9.17, 15) is 18.0 Å². The molecule has 3 rings (SSSR count). The van der Waals surface area contributed by atoms with E-state index in [1.807, 2.05) is 38.1 Å². The molecule has 1 unspecified atom stereocenters. The van der Waals surface area contributed by atoms with Crippen molar-refractivity contribution in [3.8, 4) is 0 Å². The predicted octanol–water partition coefficient (Wildman–Crippen LogP) is 5.01. The number of aromatic nitrogens is 3. The highest BCUT2D eigenvalue weighted by atomic mass is 79.9. The Balaban J connectivity index is 2.00. The molecule has 0 aliphatic carbocycles. The van der Waals surface area contributed by atoms with Gasteiger partial charge in [-0.25, -0.2) is 9.50 Å². The zero-order chi connectivity index (χ0) is 20.6. The fraction of sp³-hybridized carbons (Fsp3) is 0.316. The van der Waals surface area contributed by atoms with Crippen molar-refractivity contribution in [3.63, 3.8) is 0 Å². The summed E-state index contributed by atoms with van der Waals surface area (Å²) >= 11 is 3.19. The highest BCUT2D eigenvalue weighted by molar-refractivity contribution is 9.10. The largest absolute Gasteiger partial charge is 0.433 e. The van der Waals surface area contributed by atoms with Crippen molar-refractivity contribution in [1.82, 2.24) is 19.9 Å². The normalized spacial score (nSPS) is 13.0. The summed E-state index contributed by atoms with van der Waals surface area (Å²) in [5.41, 5.74) is 0.995. The highest BCUT2D eigenvalue weighted by Gasteiger charge is 2.36. The van der Waals surface area contributed by atoms with Gasteiger partial charge in [-0.05, 0) is 47.8 Å². The lowest BCUT2D eigenvalue weighted by Gasteiger charge is -2.17. The summed E-state index contributed by atoms with van der Waals surface area (Å²) in [6.45, 7) is 5.33. The van der Waals surface area contributed by atoms with Crippen LogP contribution in [0, 0.1) is 13.8 Å². The van der Waals surface area contributed by atoms with Crippen molar-refractivity contribution in [2.45, 2.75) is 39.4 Å². The van der Waals surface area contributed by atoms with Crippen molar-refractivity contribution in [2.75, 3.05) is 0 Å². The molecule has 0 aliphatic heterocycles. The van der Waals surface area contributed by atoms with E-state index in [4.69, 9.17) is 0 Å². The van der Waals surface area contributed by atoms with Crippen LogP contribution in [0.5, 0.6) is 0 Å². The summed E-state index contributed by atoms with van der Waals surface area (Å²) in [4.78, 5) is 16.9. The van der Waals surface area contributed by atoms with Gasteiger partial charge in [0.15, 0.2) is 11.3 Å². The molecule has 1 atom stereocenters. The van der Waals surface area contributed by atoms with Crippen LogP contribution in [0.25, 0.3) is 5.65 Å². The molecular weight excluding hydrogens is 437 g/mol. The van der Waals surface area contributed by atoms with E-state index in [-0.39, 0.29) is 27.5 Å². The van der Waals surface area contributed by atoms with Crippen LogP contribution in [0.2, 0.25) is 0 Å². The van der Waals surface area contributed by atoms with Gasteiger partial charge in [-0.3, -0.25) is 4.79 Å². The molecule has 9 heteroatoms. The number of alkyl halides is 3. The first-order valence-corrected chi connectivity index (χ1v) is 9.41. The summed E-state index contributed by atoms with van der Waals surface area (Å²) in [6.07, 6.45) is -4.01. The Hall–Kier alpha value is -2.42. The Bertz CT molecular complexity index is 1030. The Kier molecular flexibility index (Phi) is 5.47. The number of nitrogens with one attached hydrogen (secondary N) is 1. The molecule has 0 bridgehead atoms. The average molecular weight is 455 g/mol. The number of fused-ring (bicyclic) bond motifs is 1. The van der Waals surface area contributed by atoms with Crippen LogP contribution in [-0.4, -0.2) is 20.5 Å². The number of amides is 1. The lowest BCUT2D eigenvalue weighted by Crippen LogP contribution is -2.28. The molecule has 3 aromatic rings. The van der Waals surface area contributed by atoms with Gasteiger partial charge >= 0.3 is 6.18 Å². The molecule has 1 N–H and O–H groups in total. The van der Waals surface area contributed by atoms with E-state index < -0.39 is 17.8 Å². The number of carbonyl (C=O) groups excluding carboxylic acids is 1. The first-order chi connectivity index (χ1) is 13.1. The van der Waals surface area contributed by atoms with Gasteiger partial charge in [0.05, 0.1) is 10.5 Å². The molecule has 0 aliphatic rings. The Labute approximate surface area is 168 Å². The van der Waals surface area contributed by atoms with Crippen molar-refractivity contribution >= 4 is 27.5 Å². The van der Waals surface area contributed by atoms with E-state index in [1.165, 1.54) is 6.92 Å². The van der Waals surface area contributed by atoms with Crippen molar-refractivity contribution in [1.29, 1.82) is 0 Å². The maximum absolute atomic E-state index is 13.4. The van der Waals surface area contributed by atoms with Gasteiger partial charge < -0.3 is 5.32 Å². The van der Waals surface area contributed by atoms with Gasteiger partial charge in [0.1, 0.15) is 5.69 Å². The molecular formula is C19H18BrF3N4O. The van der Waals surface area contributed by atoms with Gasteiger partial charge in [-0.1, -0.05) is 36.8 Å². The van der Waals surface area contributed by atoms with Crippen molar-refractivity contribution in [3.05, 3.63) is 63.0 Å². The van der Waals surface area contributed by atoms with E-state index in [0.717, 1.165) is 17.2 Å².